The van der Waals surface area contributed by atoms with E-state index in [4.69, 9.17) is 5.73 Å². The van der Waals surface area contributed by atoms with E-state index in [1.165, 1.54) is 34.2 Å². The molecule has 1 atom stereocenters. The second kappa shape index (κ2) is 10.6. The minimum Gasteiger partial charge on any atom is -0.350 e. The highest BCUT2D eigenvalue weighted by atomic mass is 19.1. The number of urea groups is 1. The lowest BCUT2D eigenvalue weighted by atomic mass is 9.91. The van der Waals surface area contributed by atoms with Gasteiger partial charge in [-0.3, -0.25) is 19.5 Å². The first kappa shape index (κ1) is 23.6. The average Bonchev–Trinajstić information content (AvgIpc) is 2.85. The van der Waals surface area contributed by atoms with Crippen molar-refractivity contribution in [3.63, 3.8) is 0 Å². The lowest BCUT2D eigenvalue weighted by molar-refractivity contribution is -0.133. The van der Waals surface area contributed by atoms with E-state index < -0.39 is 23.9 Å². The van der Waals surface area contributed by atoms with Gasteiger partial charge in [-0.15, -0.1) is 0 Å². The molecule has 2 aromatic rings. The van der Waals surface area contributed by atoms with Crippen LogP contribution in [0.2, 0.25) is 0 Å². The molecule has 0 bridgehead atoms. The Labute approximate surface area is 197 Å². The summed E-state index contributed by atoms with van der Waals surface area (Å²) >= 11 is 0. The molecule has 1 saturated carbocycles. The smallest absolute Gasteiger partial charge is 0.323 e. The number of carbonyl (C=O) groups excluding carboxylic acids is 3. The van der Waals surface area contributed by atoms with Gasteiger partial charge in [-0.25, -0.2) is 9.18 Å². The van der Waals surface area contributed by atoms with Crippen LogP contribution in [0.4, 0.5) is 14.9 Å². The van der Waals surface area contributed by atoms with Crippen LogP contribution in [0.3, 0.4) is 0 Å². The maximum absolute atomic E-state index is 13.6. The lowest BCUT2D eigenvalue weighted by Crippen LogP contribution is -2.65. The molecule has 2 heterocycles. The lowest BCUT2D eigenvalue weighted by Gasteiger charge is -2.43. The molecular weight excluding hydrogens is 439 g/mol. The number of anilines is 1. The number of aromatic nitrogens is 1. The first-order valence-electron chi connectivity index (χ1n) is 11.5. The van der Waals surface area contributed by atoms with E-state index in [2.05, 4.69) is 15.6 Å². The quantitative estimate of drug-likeness (QED) is 0.636. The van der Waals surface area contributed by atoms with E-state index in [1.54, 1.807) is 24.4 Å². The summed E-state index contributed by atoms with van der Waals surface area (Å²) in [5, 5.41) is 5.66. The topological polar surface area (TPSA) is 121 Å². The zero-order chi connectivity index (χ0) is 24.1. The second-order valence-corrected chi connectivity index (χ2v) is 8.72. The van der Waals surface area contributed by atoms with Crippen molar-refractivity contribution < 1.29 is 18.8 Å². The first-order chi connectivity index (χ1) is 16.4. The number of hydrogen-bond acceptors (Lipinski definition) is 5. The normalized spacial score (nSPS) is 22.7. The summed E-state index contributed by atoms with van der Waals surface area (Å²) in [5.41, 5.74) is 6.58. The highest BCUT2D eigenvalue weighted by Gasteiger charge is 2.41. The summed E-state index contributed by atoms with van der Waals surface area (Å²) in [6.45, 7) is 0.580. The number of nitrogens with zero attached hydrogens (tertiary/aromatic N) is 3. The Morgan fingerprint density at radius 1 is 1.03 bits per heavy atom. The van der Waals surface area contributed by atoms with Crippen molar-refractivity contribution in [1.82, 2.24) is 20.1 Å². The summed E-state index contributed by atoms with van der Waals surface area (Å²) in [4.78, 5) is 46.7. The Balaban J connectivity index is 1.58. The molecule has 1 aliphatic carbocycles. The number of rotatable bonds is 4. The number of amides is 4. The number of nitrogens with one attached hydrogen (secondary N) is 2. The molecule has 10 heteroatoms. The Hall–Kier alpha value is -3.53. The van der Waals surface area contributed by atoms with E-state index in [0.717, 1.165) is 25.7 Å². The third kappa shape index (κ3) is 5.51. The van der Waals surface area contributed by atoms with Crippen LogP contribution in [0.25, 0.3) is 0 Å². The van der Waals surface area contributed by atoms with Crippen LogP contribution in [-0.4, -0.2) is 64.0 Å². The van der Waals surface area contributed by atoms with Crippen molar-refractivity contribution in [2.24, 2.45) is 5.73 Å². The number of pyridine rings is 1. The summed E-state index contributed by atoms with van der Waals surface area (Å²) in [7, 11) is 0. The van der Waals surface area contributed by atoms with Crippen molar-refractivity contribution >= 4 is 23.5 Å². The molecule has 4 amide bonds. The molecular formula is C24H29FN6O3. The van der Waals surface area contributed by atoms with Crippen LogP contribution in [0.1, 0.15) is 42.5 Å². The fourth-order valence-electron chi connectivity index (χ4n) is 4.49. The van der Waals surface area contributed by atoms with Crippen molar-refractivity contribution in [2.45, 2.75) is 50.4 Å². The van der Waals surface area contributed by atoms with Crippen LogP contribution in [-0.2, 0) is 4.79 Å². The molecule has 0 radical (unpaired) electrons. The number of nitrogens with two attached hydrogens (primary N) is 1. The molecule has 1 saturated heterocycles. The van der Waals surface area contributed by atoms with Gasteiger partial charge in [0.1, 0.15) is 5.82 Å². The molecule has 34 heavy (non-hydrogen) atoms. The molecule has 4 N–H and O–H groups in total. The summed E-state index contributed by atoms with van der Waals surface area (Å²) < 4.78 is 13.6. The third-order valence-corrected chi connectivity index (χ3v) is 6.25. The number of hydrogen-bond donors (Lipinski definition) is 3. The fraction of sp³-hybridized carbons (Fsp3) is 0.417. The van der Waals surface area contributed by atoms with Crippen LogP contribution in [0, 0.1) is 5.82 Å². The van der Waals surface area contributed by atoms with Gasteiger partial charge >= 0.3 is 6.03 Å². The Morgan fingerprint density at radius 3 is 2.50 bits per heavy atom. The Bertz CT molecular complexity index is 1030. The molecule has 1 aromatic carbocycles. The van der Waals surface area contributed by atoms with Gasteiger partial charge in [0.15, 0.2) is 6.17 Å². The maximum Gasteiger partial charge on any atom is 0.323 e. The van der Waals surface area contributed by atoms with Gasteiger partial charge in [0.2, 0.25) is 0 Å². The molecule has 2 fully saturated rings. The first-order valence-corrected chi connectivity index (χ1v) is 11.5. The predicted molar refractivity (Wildman–Crippen MR) is 124 cm³/mol. The van der Waals surface area contributed by atoms with E-state index in [-0.39, 0.29) is 30.2 Å². The standard InChI is InChI=1S/C24H29FN6O3/c25-17-5-1-6-20(14-17)29-24(34)31-13-3-12-30(23(33)16-4-2-11-27-15-16)22(31)21(32)28-19-9-7-18(26)8-10-19/h1-2,4-6,11,14-15,18-19,22H,3,7-10,12-13,26H2,(H,28,32)(H,29,34). The molecule has 9 nitrogen and oxygen atoms in total. The van der Waals surface area contributed by atoms with Crippen LogP contribution < -0.4 is 16.4 Å². The molecule has 1 aliphatic heterocycles. The molecule has 4 rings (SSSR count). The highest BCUT2D eigenvalue weighted by molar-refractivity contribution is 6.00. The van der Waals surface area contributed by atoms with Crippen molar-refractivity contribution in [2.75, 3.05) is 18.4 Å². The molecule has 0 spiro atoms. The molecule has 2 aliphatic rings. The van der Waals surface area contributed by atoms with Crippen LogP contribution in [0.5, 0.6) is 0 Å². The van der Waals surface area contributed by atoms with E-state index in [0.29, 0.717) is 18.5 Å². The SMILES string of the molecule is NC1CCC(NC(=O)C2N(C(=O)Nc3cccc(F)c3)CCCN2C(=O)c2cccnc2)CC1. The van der Waals surface area contributed by atoms with Crippen LogP contribution in [0.15, 0.2) is 48.8 Å². The Morgan fingerprint density at radius 2 is 1.79 bits per heavy atom. The predicted octanol–water partition coefficient (Wildman–Crippen LogP) is 2.31. The Kier molecular flexibility index (Phi) is 7.36. The van der Waals surface area contributed by atoms with E-state index in [9.17, 15) is 18.8 Å². The minimum atomic E-state index is -1.15. The van der Waals surface area contributed by atoms with Crippen LogP contribution >= 0.6 is 0 Å². The third-order valence-electron chi connectivity index (χ3n) is 6.25. The van der Waals surface area contributed by atoms with E-state index in [1.807, 2.05) is 0 Å². The zero-order valence-electron chi connectivity index (χ0n) is 18.8. The monoisotopic (exact) mass is 468 g/mol. The average molecular weight is 469 g/mol. The van der Waals surface area contributed by atoms with Gasteiger partial charge in [-0.2, -0.15) is 0 Å². The summed E-state index contributed by atoms with van der Waals surface area (Å²) in [5.74, 6) is -1.30. The van der Waals surface area contributed by atoms with Gasteiger partial charge in [0.25, 0.3) is 11.8 Å². The number of carbonyl (C=O) groups is 3. The molecule has 180 valence electrons. The zero-order valence-corrected chi connectivity index (χ0v) is 18.8. The van der Waals surface area contributed by atoms with E-state index >= 15 is 0 Å². The van der Waals surface area contributed by atoms with Gasteiger partial charge in [0.05, 0.1) is 5.56 Å². The van der Waals surface area contributed by atoms with Gasteiger partial charge in [-0.05, 0) is 62.4 Å². The van der Waals surface area contributed by atoms with Gasteiger partial charge in [0, 0.05) is 43.3 Å². The largest absolute Gasteiger partial charge is 0.350 e. The minimum absolute atomic E-state index is 0.0716. The number of halogens is 1. The maximum atomic E-state index is 13.6. The second-order valence-electron chi connectivity index (χ2n) is 8.72. The van der Waals surface area contributed by atoms with Gasteiger partial charge < -0.3 is 21.3 Å². The highest BCUT2D eigenvalue weighted by Crippen LogP contribution is 2.22. The number of benzene rings is 1. The molecule has 1 unspecified atom stereocenters. The molecule has 1 aromatic heterocycles. The summed E-state index contributed by atoms with van der Waals surface area (Å²) in [6.07, 6.45) is 5.43. The van der Waals surface area contributed by atoms with Crippen molar-refractivity contribution in [1.29, 1.82) is 0 Å². The van der Waals surface area contributed by atoms with Crippen molar-refractivity contribution in [3.05, 3.63) is 60.2 Å². The van der Waals surface area contributed by atoms with Gasteiger partial charge in [-0.1, -0.05) is 6.07 Å². The summed E-state index contributed by atoms with van der Waals surface area (Å²) in [6, 6.07) is 8.25. The van der Waals surface area contributed by atoms with Crippen molar-refractivity contribution in [3.8, 4) is 0 Å². The fourth-order valence-corrected chi connectivity index (χ4v) is 4.49.